The predicted molar refractivity (Wildman–Crippen MR) is 85.7 cm³/mol. The second-order valence-corrected chi connectivity index (χ2v) is 5.21. The number of rotatable bonds is 5. The van der Waals surface area contributed by atoms with Gasteiger partial charge in [-0.3, -0.25) is 4.79 Å². The third-order valence-electron chi connectivity index (χ3n) is 3.90. The zero-order valence-corrected chi connectivity index (χ0v) is 12.8. The number of anilines is 1. The number of hydrogen-bond acceptors (Lipinski definition) is 3. The van der Waals surface area contributed by atoms with Gasteiger partial charge in [-0.05, 0) is 36.6 Å². The number of carbonyl (C=O) groups excluding carboxylic acids is 1. The van der Waals surface area contributed by atoms with Gasteiger partial charge in [-0.1, -0.05) is 30.3 Å². The highest BCUT2D eigenvalue weighted by molar-refractivity contribution is 6.03. The van der Waals surface area contributed by atoms with Crippen LogP contribution in [0.5, 0.6) is 11.5 Å². The van der Waals surface area contributed by atoms with Crippen LogP contribution in [0.3, 0.4) is 0 Å². The summed E-state index contributed by atoms with van der Waals surface area (Å²) in [7, 11) is 1.63. The number of amides is 1. The summed E-state index contributed by atoms with van der Waals surface area (Å²) < 4.78 is 11.1. The highest BCUT2D eigenvalue weighted by Crippen LogP contribution is 2.38. The van der Waals surface area contributed by atoms with E-state index in [1.54, 1.807) is 7.11 Å². The van der Waals surface area contributed by atoms with Crippen molar-refractivity contribution in [2.24, 2.45) is 0 Å². The van der Waals surface area contributed by atoms with Gasteiger partial charge in [-0.15, -0.1) is 0 Å². The van der Waals surface area contributed by atoms with Crippen molar-refractivity contribution in [1.82, 2.24) is 0 Å². The van der Waals surface area contributed by atoms with Crippen molar-refractivity contribution in [2.75, 3.05) is 19.0 Å². The number of nitrogens with one attached hydrogen (secondary N) is 1. The lowest BCUT2D eigenvalue weighted by Gasteiger charge is -2.15. The van der Waals surface area contributed by atoms with Crippen molar-refractivity contribution in [3.8, 4) is 11.5 Å². The second kappa shape index (κ2) is 6.10. The molecule has 1 atom stereocenters. The van der Waals surface area contributed by atoms with Crippen LogP contribution in [-0.4, -0.2) is 19.6 Å². The maximum Gasteiger partial charge on any atom is 0.232 e. The van der Waals surface area contributed by atoms with Crippen LogP contribution < -0.4 is 14.8 Å². The molecule has 114 valence electrons. The van der Waals surface area contributed by atoms with Crippen molar-refractivity contribution >= 4 is 11.6 Å². The second-order valence-electron chi connectivity index (χ2n) is 5.21. The Labute approximate surface area is 130 Å². The predicted octanol–water partition coefficient (Wildman–Crippen LogP) is 3.37. The van der Waals surface area contributed by atoms with Crippen LogP contribution in [0.25, 0.3) is 0 Å². The number of para-hydroxylation sites is 2. The Bertz CT molecular complexity index is 696. The monoisotopic (exact) mass is 297 g/mol. The highest BCUT2D eigenvalue weighted by atomic mass is 16.5. The van der Waals surface area contributed by atoms with Gasteiger partial charge in [0.1, 0.15) is 0 Å². The first-order chi connectivity index (χ1) is 10.7. The molecule has 0 unspecified atom stereocenters. The van der Waals surface area contributed by atoms with Crippen LogP contribution in [0.15, 0.2) is 42.5 Å². The number of ether oxygens (including phenoxy) is 2. The average Bonchev–Trinajstić information content (AvgIpc) is 2.84. The smallest absolute Gasteiger partial charge is 0.232 e. The molecule has 0 radical (unpaired) electrons. The summed E-state index contributed by atoms with van der Waals surface area (Å²) in [6.07, 6.45) is 0.590. The number of benzene rings is 2. The molecule has 2 aromatic rings. The van der Waals surface area contributed by atoms with Crippen LogP contribution in [0, 0.1) is 0 Å². The Balaban J connectivity index is 1.94. The Hall–Kier alpha value is -2.49. The molecular weight excluding hydrogens is 278 g/mol. The summed E-state index contributed by atoms with van der Waals surface area (Å²) in [6.45, 7) is 2.51. The molecule has 1 aliphatic heterocycles. The van der Waals surface area contributed by atoms with E-state index in [2.05, 4.69) is 5.32 Å². The number of carbonyl (C=O) groups is 1. The number of methoxy groups -OCH3 is 1. The van der Waals surface area contributed by atoms with Crippen LogP contribution in [0.4, 0.5) is 5.69 Å². The van der Waals surface area contributed by atoms with Gasteiger partial charge in [0.25, 0.3) is 0 Å². The fraction of sp³-hybridized carbons (Fsp3) is 0.278. The first kappa shape index (κ1) is 14.4. The Morgan fingerprint density at radius 3 is 2.73 bits per heavy atom. The third-order valence-corrected chi connectivity index (χ3v) is 3.90. The zero-order valence-electron chi connectivity index (χ0n) is 12.8. The molecule has 0 aliphatic carbocycles. The van der Waals surface area contributed by atoms with E-state index in [1.807, 2.05) is 49.4 Å². The average molecular weight is 297 g/mol. The van der Waals surface area contributed by atoms with Gasteiger partial charge >= 0.3 is 0 Å². The first-order valence-corrected chi connectivity index (χ1v) is 7.43. The van der Waals surface area contributed by atoms with Crippen molar-refractivity contribution in [1.29, 1.82) is 0 Å². The highest BCUT2D eigenvalue weighted by Gasteiger charge is 2.31. The summed E-state index contributed by atoms with van der Waals surface area (Å²) >= 11 is 0. The van der Waals surface area contributed by atoms with E-state index >= 15 is 0 Å². The molecule has 0 spiro atoms. The molecule has 1 N–H and O–H groups in total. The van der Waals surface area contributed by atoms with Gasteiger partial charge in [0, 0.05) is 5.69 Å². The van der Waals surface area contributed by atoms with Gasteiger partial charge in [0.05, 0.1) is 19.6 Å². The van der Waals surface area contributed by atoms with E-state index in [0.29, 0.717) is 24.5 Å². The molecule has 1 aliphatic rings. The molecule has 4 heteroatoms. The zero-order chi connectivity index (χ0) is 15.5. The summed E-state index contributed by atoms with van der Waals surface area (Å²) in [4.78, 5) is 12.3. The van der Waals surface area contributed by atoms with Gasteiger partial charge in [0.2, 0.25) is 5.91 Å². The topological polar surface area (TPSA) is 47.6 Å². The largest absolute Gasteiger partial charge is 0.493 e. The fourth-order valence-electron chi connectivity index (χ4n) is 2.92. The van der Waals surface area contributed by atoms with Crippen LogP contribution in [0.1, 0.15) is 24.0 Å². The third kappa shape index (κ3) is 2.52. The Kier molecular flexibility index (Phi) is 4.00. The van der Waals surface area contributed by atoms with Crippen molar-refractivity contribution in [2.45, 2.75) is 19.3 Å². The lowest BCUT2D eigenvalue weighted by atomic mass is 9.92. The number of hydrogen-bond donors (Lipinski definition) is 1. The molecule has 1 heterocycles. The maximum atomic E-state index is 12.3. The van der Waals surface area contributed by atoms with E-state index < -0.39 is 0 Å². The molecule has 4 nitrogen and oxygen atoms in total. The normalized spacial score (nSPS) is 16.1. The molecule has 2 aromatic carbocycles. The Morgan fingerprint density at radius 1 is 1.14 bits per heavy atom. The summed E-state index contributed by atoms with van der Waals surface area (Å²) in [5.74, 6) is 1.27. The summed E-state index contributed by atoms with van der Waals surface area (Å²) in [6, 6.07) is 13.6. The molecule has 0 fully saturated rings. The summed E-state index contributed by atoms with van der Waals surface area (Å²) in [5, 5.41) is 2.93. The SMILES string of the molecule is CCOc1cccc(C[C@@H]2C(=O)Nc3ccccc32)c1OC. The number of fused-ring (bicyclic) bond motifs is 1. The lowest BCUT2D eigenvalue weighted by Crippen LogP contribution is -2.14. The molecule has 0 saturated heterocycles. The molecule has 0 bridgehead atoms. The van der Waals surface area contributed by atoms with E-state index in [9.17, 15) is 4.79 Å². The maximum absolute atomic E-state index is 12.3. The van der Waals surface area contributed by atoms with Crippen molar-refractivity contribution in [3.05, 3.63) is 53.6 Å². The van der Waals surface area contributed by atoms with Crippen LogP contribution in [0.2, 0.25) is 0 Å². The van der Waals surface area contributed by atoms with Crippen molar-refractivity contribution < 1.29 is 14.3 Å². The molecule has 0 aromatic heterocycles. The van der Waals surface area contributed by atoms with Crippen LogP contribution >= 0.6 is 0 Å². The van der Waals surface area contributed by atoms with E-state index in [0.717, 1.165) is 16.8 Å². The lowest BCUT2D eigenvalue weighted by molar-refractivity contribution is -0.117. The first-order valence-electron chi connectivity index (χ1n) is 7.43. The van der Waals surface area contributed by atoms with E-state index in [-0.39, 0.29) is 11.8 Å². The molecule has 22 heavy (non-hydrogen) atoms. The van der Waals surface area contributed by atoms with Gasteiger partial charge in [-0.25, -0.2) is 0 Å². The molecule has 3 rings (SSSR count). The van der Waals surface area contributed by atoms with E-state index in [4.69, 9.17) is 9.47 Å². The Morgan fingerprint density at radius 2 is 1.95 bits per heavy atom. The molecule has 0 saturated carbocycles. The standard InChI is InChI=1S/C18H19NO3/c1-3-22-16-10-6-7-12(17(16)21-2)11-14-13-8-4-5-9-15(13)19-18(14)20/h4-10,14H,3,11H2,1-2H3,(H,19,20)/t14-/m0/s1. The minimum atomic E-state index is -0.193. The molecular formula is C18H19NO3. The van der Waals surface area contributed by atoms with Gasteiger partial charge in [0.15, 0.2) is 11.5 Å². The minimum absolute atomic E-state index is 0.0325. The van der Waals surface area contributed by atoms with Crippen LogP contribution in [-0.2, 0) is 11.2 Å². The van der Waals surface area contributed by atoms with Gasteiger partial charge < -0.3 is 14.8 Å². The van der Waals surface area contributed by atoms with Gasteiger partial charge in [-0.2, -0.15) is 0 Å². The minimum Gasteiger partial charge on any atom is -0.493 e. The quantitative estimate of drug-likeness (QED) is 0.920. The van der Waals surface area contributed by atoms with E-state index in [1.165, 1.54) is 0 Å². The van der Waals surface area contributed by atoms with Crippen molar-refractivity contribution in [3.63, 3.8) is 0 Å². The summed E-state index contributed by atoms with van der Waals surface area (Å²) in [5.41, 5.74) is 2.92. The molecule has 1 amide bonds. The fourth-order valence-corrected chi connectivity index (χ4v) is 2.92.